The SMILES string of the molecule is COc1cc(C2(O)c3c(oc4ccc(Cl)cc4c3=O)C(=O)N2CCCN(C)C)cc(F)c1OC. The van der Waals surface area contributed by atoms with Gasteiger partial charge >= 0.3 is 0 Å². The Bertz CT molecular complexity index is 1340. The van der Waals surface area contributed by atoms with Crippen LogP contribution in [-0.2, 0) is 5.72 Å². The Labute approximate surface area is 200 Å². The summed E-state index contributed by atoms with van der Waals surface area (Å²) in [4.78, 5) is 30.0. The van der Waals surface area contributed by atoms with Crippen LogP contribution in [0.4, 0.5) is 4.39 Å². The lowest BCUT2D eigenvalue weighted by Gasteiger charge is -2.34. The van der Waals surface area contributed by atoms with Crippen molar-refractivity contribution in [1.82, 2.24) is 9.80 Å². The number of fused-ring (bicyclic) bond motifs is 2. The van der Waals surface area contributed by atoms with Crippen molar-refractivity contribution in [1.29, 1.82) is 0 Å². The van der Waals surface area contributed by atoms with Gasteiger partial charge in [-0.1, -0.05) is 11.6 Å². The molecule has 1 N–H and O–H groups in total. The van der Waals surface area contributed by atoms with Crippen LogP contribution in [0.25, 0.3) is 11.0 Å². The molecule has 1 aliphatic heterocycles. The van der Waals surface area contributed by atoms with E-state index in [4.69, 9.17) is 25.5 Å². The number of ether oxygens (including phenoxy) is 2. The molecule has 8 nitrogen and oxygen atoms in total. The van der Waals surface area contributed by atoms with Gasteiger partial charge in [0.2, 0.25) is 16.9 Å². The van der Waals surface area contributed by atoms with Gasteiger partial charge in [0.25, 0.3) is 5.91 Å². The van der Waals surface area contributed by atoms with Crippen molar-refractivity contribution < 1.29 is 28.2 Å². The van der Waals surface area contributed by atoms with E-state index in [1.165, 1.54) is 38.5 Å². The van der Waals surface area contributed by atoms with Crippen LogP contribution in [0.1, 0.15) is 28.1 Å². The normalized spacial score (nSPS) is 17.5. The molecule has 1 aromatic heterocycles. The molecule has 10 heteroatoms. The van der Waals surface area contributed by atoms with Gasteiger partial charge in [-0.2, -0.15) is 0 Å². The third-order valence-electron chi connectivity index (χ3n) is 5.85. The van der Waals surface area contributed by atoms with E-state index >= 15 is 0 Å². The number of hydrogen-bond acceptors (Lipinski definition) is 7. The van der Waals surface area contributed by atoms with Gasteiger partial charge in [0.05, 0.1) is 19.6 Å². The minimum absolute atomic E-state index is 0.00622. The molecule has 1 amide bonds. The highest BCUT2D eigenvalue weighted by Crippen LogP contribution is 2.45. The number of carbonyl (C=O) groups excluding carboxylic acids is 1. The average Bonchev–Trinajstić information content (AvgIpc) is 3.01. The molecule has 4 rings (SSSR count). The Morgan fingerprint density at radius 3 is 2.56 bits per heavy atom. The highest BCUT2D eigenvalue weighted by Gasteiger charge is 2.54. The van der Waals surface area contributed by atoms with Crippen molar-refractivity contribution in [3.05, 3.63) is 68.3 Å². The van der Waals surface area contributed by atoms with E-state index in [0.717, 1.165) is 11.0 Å². The maximum absolute atomic E-state index is 14.9. The van der Waals surface area contributed by atoms with E-state index in [0.29, 0.717) is 13.0 Å². The molecule has 1 aliphatic rings. The fraction of sp³-hybridized carbons (Fsp3) is 0.333. The molecule has 0 bridgehead atoms. The second-order valence-electron chi connectivity index (χ2n) is 8.26. The third-order valence-corrected chi connectivity index (χ3v) is 6.09. The van der Waals surface area contributed by atoms with Crippen LogP contribution in [0, 0.1) is 5.82 Å². The number of amides is 1. The lowest BCUT2D eigenvalue weighted by Crippen LogP contribution is -2.47. The first-order valence-electron chi connectivity index (χ1n) is 10.5. The van der Waals surface area contributed by atoms with Crippen molar-refractivity contribution in [2.45, 2.75) is 12.1 Å². The number of carbonyl (C=O) groups is 1. The fourth-order valence-electron chi connectivity index (χ4n) is 4.27. The first kappa shape index (κ1) is 24.0. The van der Waals surface area contributed by atoms with E-state index in [1.807, 2.05) is 19.0 Å². The fourth-order valence-corrected chi connectivity index (χ4v) is 4.44. The van der Waals surface area contributed by atoms with Crippen LogP contribution in [-0.4, -0.2) is 62.2 Å². The molecule has 180 valence electrons. The van der Waals surface area contributed by atoms with Crippen molar-refractivity contribution in [3.63, 3.8) is 0 Å². The second-order valence-corrected chi connectivity index (χ2v) is 8.69. The minimum atomic E-state index is -2.31. The number of hydrogen-bond donors (Lipinski definition) is 1. The summed E-state index contributed by atoms with van der Waals surface area (Å²) in [7, 11) is 6.34. The molecule has 0 aliphatic carbocycles. The Hall–Kier alpha value is -3.14. The Kier molecular flexibility index (Phi) is 6.28. The van der Waals surface area contributed by atoms with Gasteiger partial charge in [-0.25, -0.2) is 4.39 Å². The molecule has 0 radical (unpaired) electrons. The first-order chi connectivity index (χ1) is 16.1. The molecule has 2 aromatic carbocycles. The van der Waals surface area contributed by atoms with Gasteiger partial charge in [0.15, 0.2) is 17.3 Å². The molecule has 3 aromatic rings. The summed E-state index contributed by atoms with van der Waals surface area (Å²) < 4.78 is 31.0. The predicted octanol–water partition coefficient (Wildman–Crippen LogP) is 3.20. The second kappa shape index (κ2) is 8.90. The van der Waals surface area contributed by atoms with Crippen LogP contribution in [0.15, 0.2) is 39.5 Å². The quantitative estimate of drug-likeness (QED) is 0.543. The lowest BCUT2D eigenvalue weighted by molar-refractivity contribution is -0.0516. The van der Waals surface area contributed by atoms with Gasteiger partial charge in [-0.3, -0.25) is 14.5 Å². The van der Waals surface area contributed by atoms with Gasteiger partial charge in [0.1, 0.15) is 11.1 Å². The third kappa shape index (κ3) is 3.70. The van der Waals surface area contributed by atoms with Crippen LogP contribution in [0.3, 0.4) is 0 Å². The first-order valence-corrected chi connectivity index (χ1v) is 10.9. The Balaban J connectivity index is 2.00. The average molecular weight is 491 g/mol. The van der Waals surface area contributed by atoms with Crippen LogP contribution >= 0.6 is 11.6 Å². The number of nitrogens with zero attached hydrogens (tertiary/aromatic N) is 2. The van der Waals surface area contributed by atoms with E-state index in [-0.39, 0.29) is 50.9 Å². The molecule has 0 saturated carbocycles. The van der Waals surface area contributed by atoms with Crippen molar-refractivity contribution in [2.24, 2.45) is 0 Å². The van der Waals surface area contributed by atoms with Crippen molar-refractivity contribution >= 4 is 28.5 Å². The van der Waals surface area contributed by atoms with E-state index in [1.54, 1.807) is 0 Å². The number of aliphatic hydroxyl groups is 1. The Morgan fingerprint density at radius 1 is 1.18 bits per heavy atom. The monoisotopic (exact) mass is 490 g/mol. The summed E-state index contributed by atoms with van der Waals surface area (Å²) in [6.07, 6.45) is 0.477. The molecule has 34 heavy (non-hydrogen) atoms. The molecular weight excluding hydrogens is 467 g/mol. The molecule has 1 atom stereocenters. The summed E-state index contributed by atoms with van der Waals surface area (Å²) in [5.74, 6) is -1.99. The van der Waals surface area contributed by atoms with Gasteiger partial charge in [-0.05, 0) is 57.4 Å². The molecule has 1 unspecified atom stereocenters. The van der Waals surface area contributed by atoms with Crippen LogP contribution in [0.5, 0.6) is 11.5 Å². The van der Waals surface area contributed by atoms with Crippen molar-refractivity contribution in [3.8, 4) is 11.5 Å². The number of methoxy groups -OCH3 is 2. The smallest absolute Gasteiger partial charge is 0.293 e. The standard InChI is InChI=1S/C24H24ClFN2O6/c1-27(2)8-5-9-28-23(30)22-19(20(29)15-12-14(25)6-7-17(15)34-22)24(28,31)13-10-16(26)21(33-4)18(11-13)32-3/h6-7,10-12,31H,5,8-9H2,1-4H3. The van der Waals surface area contributed by atoms with Crippen LogP contribution in [0.2, 0.25) is 5.02 Å². The lowest BCUT2D eigenvalue weighted by atomic mass is 9.93. The number of benzene rings is 2. The van der Waals surface area contributed by atoms with Gasteiger partial charge in [0, 0.05) is 17.1 Å². The van der Waals surface area contributed by atoms with Gasteiger partial charge < -0.3 is 23.9 Å². The number of halogens is 2. The summed E-state index contributed by atoms with van der Waals surface area (Å²) in [6, 6.07) is 6.77. The summed E-state index contributed by atoms with van der Waals surface area (Å²) in [5, 5.41) is 12.4. The summed E-state index contributed by atoms with van der Waals surface area (Å²) in [5.41, 5.74) is -3.18. The summed E-state index contributed by atoms with van der Waals surface area (Å²) in [6.45, 7) is 0.680. The highest BCUT2D eigenvalue weighted by molar-refractivity contribution is 6.31. The predicted molar refractivity (Wildman–Crippen MR) is 124 cm³/mol. The highest BCUT2D eigenvalue weighted by atomic mass is 35.5. The zero-order valence-electron chi connectivity index (χ0n) is 19.1. The van der Waals surface area contributed by atoms with Gasteiger partial charge in [-0.15, -0.1) is 0 Å². The van der Waals surface area contributed by atoms with Crippen LogP contribution < -0.4 is 14.9 Å². The topological polar surface area (TPSA) is 92.5 Å². The zero-order chi connectivity index (χ0) is 24.8. The zero-order valence-corrected chi connectivity index (χ0v) is 19.9. The largest absolute Gasteiger partial charge is 0.493 e. The Morgan fingerprint density at radius 2 is 1.91 bits per heavy atom. The molecular formula is C24H24ClFN2O6. The molecule has 0 spiro atoms. The molecule has 0 fully saturated rings. The maximum Gasteiger partial charge on any atom is 0.293 e. The minimum Gasteiger partial charge on any atom is -0.493 e. The maximum atomic E-state index is 14.9. The molecule has 2 heterocycles. The molecule has 0 saturated heterocycles. The van der Waals surface area contributed by atoms with Crippen molar-refractivity contribution in [2.75, 3.05) is 41.4 Å². The number of rotatable bonds is 7. The van der Waals surface area contributed by atoms with E-state index in [2.05, 4.69) is 0 Å². The van der Waals surface area contributed by atoms with E-state index in [9.17, 15) is 19.1 Å². The summed E-state index contributed by atoms with van der Waals surface area (Å²) >= 11 is 6.07. The van der Waals surface area contributed by atoms with E-state index < -0.39 is 22.9 Å².